The molecule has 1 atom stereocenters. The predicted molar refractivity (Wildman–Crippen MR) is 265 cm³/mol. The molecule has 1 aliphatic rings. The number of benzene rings is 9. The van der Waals surface area contributed by atoms with Gasteiger partial charge in [-0.1, -0.05) is 164 Å². The molecule has 0 amide bonds. The van der Waals surface area contributed by atoms with Crippen LogP contribution in [0.4, 0.5) is 11.4 Å². The van der Waals surface area contributed by atoms with Crippen LogP contribution in [0.3, 0.4) is 0 Å². The van der Waals surface area contributed by atoms with E-state index in [0.29, 0.717) is 0 Å². The topological polar surface area (TPSA) is 13.1 Å². The van der Waals surface area contributed by atoms with E-state index in [0.717, 1.165) is 23.5 Å². The maximum absolute atomic E-state index is 2.59. The molecule has 3 heteroatoms. The number of anilines is 2. The van der Waals surface area contributed by atoms with E-state index in [4.69, 9.17) is 0 Å². The lowest BCUT2D eigenvalue weighted by atomic mass is 9.86. The lowest BCUT2D eigenvalue weighted by molar-refractivity contribution is 0.674. The first-order valence-electron chi connectivity index (χ1n) is 21.9. The Morgan fingerprint density at radius 1 is 0.349 bits per heavy atom. The summed E-state index contributed by atoms with van der Waals surface area (Å²) in [6, 6.07) is 86.1. The van der Waals surface area contributed by atoms with Gasteiger partial charge in [-0.15, -0.1) is 0 Å². The standard InChI is InChI=1S/C60H43N3/c1-5-17-42(18-6-1)44-29-34-50(35-30-44)61(51-36-31-45(32-37-51)43-19-7-2-8-20-43)59-41-47(40-55-53-26-14-16-28-57(53)63(60(55)59)49-23-11-4-12-24-49)46-33-38-58-54(39-46)52-25-13-15-27-56(52)62(58)48-21-9-3-10-22-48/h1-40,59H,41H2. The van der Waals surface area contributed by atoms with Gasteiger partial charge < -0.3 is 14.0 Å². The van der Waals surface area contributed by atoms with Crippen molar-refractivity contribution in [1.82, 2.24) is 9.13 Å². The third-order valence-electron chi connectivity index (χ3n) is 12.9. The van der Waals surface area contributed by atoms with Gasteiger partial charge in [0, 0.05) is 44.5 Å². The van der Waals surface area contributed by atoms with Crippen molar-refractivity contribution >= 4 is 55.7 Å². The van der Waals surface area contributed by atoms with E-state index >= 15 is 0 Å². The predicted octanol–water partition coefficient (Wildman–Crippen LogP) is 15.9. The SMILES string of the molecule is C1=C(c2ccc3c(c2)c2ccccc2n3-c2ccccc2)CC(N(c2ccc(-c3ccccc3)cc2)c2ccc(-c3ccccc3)cc2)c2c1c1ccccc1n2-c1ccccc1. The molecule has 1 aliphatic carbocycles. The van der Waals surface area contributed by atoms with Crippen molar-refractivity contribution in [3.05, 3.63) is 253 Å². The minimum Gasteiger partial charge on any atom is -0.332 e. The Kier molecular flexibility index (Phi) is 8.97. The van der Waals surface area contributed by atoms with Crippen LogP contribution in [0.1, 0.15) is 29.3 Å². The molecular weight excluding hydrogens is 763 g/mol. The van der Waals surface area contributed by atoms with Gasteiger partial charge in [-0.05, 0) is 119 Å². The zero-order valence-corrected chi connectivity index (χ0v) is 34.7. The van der Waals surface area contributed by atoms with Crippen LogP contribution in [0.15, 0.2) is 237 Å². The number of nitrogens with zero attached hydrogens (tertiary/aromatic N) is 3. The third kappa shape index (κ3) is 6.36. The molecule has 0 fully saturated rings. The monoisotopic (exact) mass is 805 g/mol. The highest BCUT2D eigenvalue weighted by molar-refractivity contribution is 6.11. The number of fused-ring (bicyclic) bond motifs is 6. The van der Waals surface area contributed by atoms with Crippen molar-refractivity contribution in [3.63, 3.8) is 0 Å². The Hall–Kier alpha value is -8.14. The summed E-state index contributed by atoms with van der Waals surface area (Å²) in [6.45, 7) is 0. The van der Waals surface area contributed by atoms with Crippen molar-refractivity contribution in [1.29, 1.82) is 0 Å². The summed E-state index contributed by atoms with van der Waals surface area (Å²) >= 11 is 0. The second kappa shape index (κ2) is 15.4. The van der Waals surface area contributed by atoms with Gasteiger partial charge in [0.05, 0.1) is 28.3 Å². The molecule has 11 aromatic rings. The van der Waals surface area contributed by atoms with E-state index in [1.54, 1.807) is 0 Å². The van der Waals surface area contributed by atoms with E-state index in [1.165, 1.54) is 83.0 Å². The number of hydrogen-bond acceptors (Lipinski definition) is 1. The first-order valence-corrected chi connectivity index (χ1v) is 21.9. The molecule has 0 bridgehead atoms. The largest absolute Gasteiger partial charge is 0.332 e. The number of hydrogen-bond donors (Lipinski definition) is 0. The van der Waals surface area contributed by atoms with Crippen LogP contribution < -0.4 is 4.90 Å². The lowest BCUT2D eigenvalue weighted by Crippen LogP contribution is -2.28. The zero-order chi connectivity index (χ0) is 41.7. The molecule has 63 heavy (non-hydrogen) atoms. The molecule has 9 aromatic carbocycles. The van der Waals surface area contributed by atoms with Crippen molar-refractivity contribution in [2.45, 2.75) is 12.5 Å². The first kappa shape index (κ1) is 36.7. The summed E-state index contributed by atoms with van der Waals surface area (Å²) in [6.07, 6.45) is 3.28. The minimum absolute atomic E-state index is 0.0703. The highest BCUT2D eigenvalue weighted by atomic mass is 15.2. The van der Waals surface area contributed by atoms with Crippen molar-refractivity contribution in [2.24, 2.45) is 0 Å². The van der Waals surface area contributed by atoms with Gasteiger partial charge in [-0.25, -0.2) is 0 Å². The Balaban J connectivity index is 1.09. The Morgan fingerprint density at radius 3 is 1.35 bits per heavy atom. The van der Waals surface area contributed by atoms with Gasteiger partial charge in [0.1, 0.15) is 0 Å². The molecule has 2 aromatic heterocycles. The van der Waals surface area contributed by atoms with Crippen molar-refractivity contribution < 1.29 is 0 Å². The van der Waals surface area contributed by atoms with Gasteiger partial charge in [0.25, 0.3) is 0 Å². The second-order valence-electron chi connectivity index (χ2n) is 16.5. The van der Waals surface area contributed by atoms with Crippen LogP contribution in [0.5, 0.6) is 0 Å². The molecule has 3 nitrogen and oxygen atoms in total. The number of rotatable bonds is 8. The molecule has 1 unspecified atom stereocenters. The van der Waals surface area contributed by atoms with E-state index in [2.05, 4.69) is 257 Å². The van der Waals surface area contributed by atoms with Crippen LogP contribution >= 0.6 is 0 Å². The Morgan fingerprint density at radius 2 is 0.778 bits per heavy atom. The summed E-state index contributed by atoms with van der Waals surface area (Å²) in [5, 5.41) is 3.76. The molecule has 0 saturated carbocycles. The fourth-order valence-electron chi connectivity index (χ4n) is 10.00. The third-order valence-corrected chi connectivity index (χ3v) is 12.9. The average Bonchev–Trinajstić information content (AvgIpc) is 3.88. The van der Waals surface area contributed by atoms with E-state index < -0.39 is 0 Å². The normalized spacial score (nSPS) is 13.6. The smallest absolute Gasteiger partial charge is 0.0793 e. The van der Waals surface area contributed by atoms with Crippen molar-refractivity contribution in [2.75, 3.05) is 4.90 Å². The molecule has 0 radical (unpaired) electrons. The van der Waals surface area contributed by atoms with Crippen LogP contribution in [-0.2, 0) is 0 Å². The fraction of sp³-hybridized carbons (Fsp3) is 0.0333. The van der Waals surface area contributed by atoms with E-state index in [1.807, 2.05) is 0 Å². The van der Waals surface area contributed by atoms with Crippen LogP contribution in [0.2, 0.25) is 0 Å². The van der Waals surface area contributed by atoms with Crippen LogP contribution in [0, 0.1) is 0 Å². The van der Waals surface area contributed by atoms with Gasteiger partial charge in [0.2, 0.25) is 0 Å². The summed E-state index contributed by atoms with van der Waals surface area (Å²) in [5.74, 6) is 0. The van der Waals surface area contributed by atoms with Crippen LogP contribution in [0.25, 0.3) is 78.0 Å². The minimum atomic E-state index is -0.0703. The molecule has 2 heterocycles. The van der Waals surface area contributed by atoms with E-state index in [9.17, 15) is 0 Å². The second-order valence-corrected chi connectivity index (χ2v) is 16.5. The Bertz CT molecular complexity index is 3350. The van der Waals surface area contributed by atoms with E-state index in [-0.39, 0.29) is 6.04 Å². The quantitative estimate of drug-likeness (QED) is 0.149. The molecule has 0 aliphatic heterocycles. The van der Waals surface area contributed by atoms with Gasteiger partial charge in [0.15, 0.2) is 0 Å². The highest BCUT2D eigenvalue weighted by Crippen LogP contribution is 2.50. The molecule has 0 spiro atoms. The average molecular weight is 806 g/mol. The molecular formula is C60H43N3. The fourth-order valence-corrected chi connectivity index (χ4v) is 10.00. The molecule has 0 saturated heterocycles. The lowest BCUT2D eigenvalue weighted by Gasteiger charge is -2.38. The summed E-state index contributed by atoms with van der Waals surface area (Å²) in [4.78, 5) is 2.59. The molecule has 298 valence electrons. The first-order chi connectivity index (χ1) is 31.3. The number of para-hydroxylation sites is 4. The Labute approximate surface area is 367 Å². The number of aromatic nitrogens is 2. The summed E-state index contributed by atoms with van der Waals surface area (Å²) in [7, 11) is 0. The van der Waals surface area contributed by atoms with Gasteiger partial charge >= 0.3 is 0 Å². The highest BCUT2D eigenvalue weighted by Gasteiger charge is 2.35. The summed E-state index contributed by atoms with van der Waals surface area (Å²) in [5.41, 5.74) is 18.2. The molecule has 0 N–H and O–H groups in total. The maximum atomic E-state index is 2.59. The van der Waals surface area contributed by atoms with Crippen LogP contribution in [-0.4, -0.2) is 9.13 Å². The van der Waals surface area contributed by atoms with Gasteiger partial charge in [-0.2, -0.15) is 0 Å². The van der Waals surface area contributed by atoms with Gasteiger partial charge in [-0.3, -0.25) is 0 Å². The maximum Gasteiger partial charge on any atom is 0.0793 e. The van der Waals surface area contributed by atoms with Crippen molar-refractivity contribution in [3.8, 4) is 33.6 Å². The zero-order valence-electron chi connectivity index (χ0n) is 34.7. The molecule has 12 rings (SSSR count). The summed E-state index contributed by atoms with van der Waals surface area (Å²) < 4.78 is 4.92.